The highest BCUT2D eigenvalue weighted by Gasteiger charge is 2.33. The Morgan fingerprint density at radius 3 is 2.76 bits per heavy atom. The number of nitriles is 1. The zero-order valence-corrected chi connectivity index (χ0v) is 16.2. The fourth-order valence-electron chi connectivity index (χ4n) is 4.26. The zero-order chi connectivity index (χ0) is 20.4. The Kier molecular flexibility index (Phi) is 5.21. The number of hydrogen-bond donors (Lipinski definition) is 2. The van der Waals surface area contributed by atoms with Crippen LogP contribution in [0.3, 0.4) is 0 Å². The molecule has 2 aromatic heterocycles. The van der Waals surface area contributed by atoms with Gasteiger partial charge in [-0.15, -0.1) is 0 Å². The summed E-state index contributed by atoms with van der Waals surface area (Å²) in [5.74, 6) is -0.265. The first-order valence-electron chi connectivity index (χ1n) is 9.93. The molecule has 0 unspecified atom stereocenters. The average Bonchev–Trinajstić information content (AvgIpc) is 3.38. The van der Waals surface area contributed by atoms with E-state index in [-0.39, 0.29) is 17.7 Å². The van der Waals surface area contributed by atoms with Gasteiger partial charge in [0, 0.05) is 61.2 Å². The molecule has 0 spiro atoms. The number of nitrogens with one attached hydrogen (secondary N) is 1. The van der Waals surface area contributed by atoms with Gasteiger partial charge in [0.2, 0.25) is 11.8 Å². The van der Waals surface area contributed by atoms with Crippen LogP contribution in [0.15, 0.2) is 24.5 Å². The molecule has 4 rings (SSSR count). The van der Waals surface area contributed by atoms with Gasteiger partial charge in [-0.05, 0) is 31.4 Å². The zero-order valence-electron chi connectivity index (χ0n) is 16.2. The number of carbonyl (C=O) groups is 2. The second-order valence-corrected chi connectivity index (χ2v) is 7.72. The second-order valence-electron chi connectivity index (χ2n) is 7.72. The van der Waals surface area contributed by atoms with Crippen molar-refractivity contribution in [3.05, 3.63) is 30.1 Å². The highest BCUT2D eigenvalue weighted by molar-refractivity contribution is 5.95. The molecule has 3 heterocycles. The van der Waals surface area contributed by atoms with E-state index in [2.05, 4.69) is 20.9 Å². The number of fused-ring (bicyclic) bond motifs is 1. The first kappa shape index (κ1) is 19.0. The van der Waals surface area contributed by atoms with Crippen LogP contribution in [0.4, 0.5) is 5.69 Å². The van der Waals surface area contributed by atoms with Crippen molar-refractivity contribution in [1.29, 1.82) is 5.26 Å². The number of amides is 2. The van der Waals surface area contributed by atoms with Crippen molar-refractivity contribution in [1.82, 2.24) is 14.9 Å². The van der Waals surface area contributed by atoms with Crippen LogP contribution in [-0.2, 0) is 9.59 Å². The molecular formula is C21H24N6O2. The van der Waals surface area contributed by atoms with Crippen molar-refractivity contribution in [2.75, 3.05) is 31.1 Å². The summed E-state index contributed by atoms with van der Waals surface area (Å²) in [6, 6.07) is 4.34. The lowest BCUT2D eigenvalue weighted by atomic mass is 10.0. The Morgan fingerprint density at radius 2 is 2.07 bits per heavy atom. The molecule has 8 heteroatoms. The lowest BCUT2D eigenvalue weighted by molar-refractivity contribution is -0.135. The average molecular weight is 392 g/mol. The van der Waals surface area contributed by atoms with Crippen LogP contribution in [0.1, 0.15) is 24.8 Å². The van der Waals surface area contributed by atoms with Crippen LogP contribution in [0, 0.1) is 23.2 Å². The van der Waals surface area contributed by atoms with Gasteiger partial charge in [0.1, 0.15) is 5.65 Å². The van der Waals surface area contributed by atoms with Gasteiger partial charge < -0.3 is 20.5 Å². The molecule has 2 aromatic rings. The van der Waals surface area contributed by atoms with Crippen LogP contribution in [0.5, 0.6) is 0 Å². The van der Waals surface area contributed by atoms with E-state index >= 15 is 0 Å². The molecule has 0 aromatic carbocycles. The molecule has 150 valence electrons. The largest absolute Gasteiger partial charge is 0.367 e. The Hall–Kier alpha value is -3.34. The standard InChI is InChI=1S/C21H24N6O2/c22-11-14-1-2-15(9-14)21(29)27-7-5-26(6-8-27)17-10-18-16(3-4-19(23)28)12-24-20(18)25-13-17/h3-4,10,12-15H,1-2,5-9H2,(H2,23,28)(H,24,25)/t14-,15-/m1/s1. The minimum absolute atomic E-state index is 0.00340. The molecule has 1 saturated carbocycles. The van der Waals surface area contributed by atoms with E-state index in [9.17, 15) is 9.59 Å². The van der Waals surface area contributed by atoms with Crippen molar-refractivity contribution in [2.24, 2.45) is 17.6 Å². The number of H-pyrrole nitrogens is 1. The summed E-state index contributed by atoms with van der Waals surface area (Å²) in [5.41, 5.74) is 7.79. The molecule has 2 atom stereocenters. The molecule has 2 fully saturated rings. The Morgan fingerprint density at radius 1 is 1.28 bits per heavy atom. The van der Waals surface area contributed by atoms with Crippen molar-refractivity contribution >= 4 is 34.6 Å². The van der Waals surface area contributed by atoms with Gasteiger partial charge >= 0.3 is 0 Å². The molecule has 29 heavy (non-hydrogen) atoms. The summed E-state index contributed by atoms with van der Waals surface area (Å²) in [7, 11) is 0. The third-order valence-corrected chi connectivity index (χ3v) is 5.90. The van der Waals surface area contributed by atoms with Gasteiger partial charge in [-0.2, -0.15) is 5.26 Å². The SMILES string of the molecule is N#C[C@@H]1CC[C@@H](C(=O)N2CCN(c3cnc4[nH]cc(C=CC(N)=O)c4c3)CC2)C1. The van der Waals surface area contributed by atoms with Gasteiger partial charge in [-0.25, -0.2) is 4.98 Å². The second kappa shape index (κ2) is 7.95. The molecule has 0 radical (unpaired) electrons. The van der Waals surface area contributed by atoms with Crippen molar-refractivity contribution in [3.8, 4) is 6.07 Å². The Balaban J connectivity index is 1.42. The van der Waals surface area contributed by atoms with Gasteiger partial charge in [0.05, 0.1) is 18.0 Å². The molecule has 8 nitrogen and oxygen atoms in total. The van der Waals surface area contributed by atoms with Crippen LogP contribution in [0.2, 0.25) is 0 Å². The third kappa shape index (κ3) is 3.94. The molecule has 1 aliphatic carbocycles. The van der Waals surface area contributed by atoms with Crippen LogP contribution < -0.4 is 10.6 Å². The van der Waals surface area contributed by atoms with E-state index in [1.807, 2.05) is 17.2 Å². The molecule has 0 bridgehead atoms. The fraction of sp³-hybridized carbons (Fsp3) is 0.429. The van der Waals surface area contributed by atoms with E-state index in [0.29, 0.717) is 19.5 Å². The number of aromatic nitrogens is 2. The predicted octanol–water partition coefficient (Wildman–Crippen LogP) is 1.65. The van der Waals surface area contributed by atoms with E-state index in [1.54, 1.807) is 12.3 Å². The fourth-order valence-corrected chi connectivity index (χ4v) is 4.26. The number of nitrogens with two attached hydrogens (primary N) is 1. The Labute approximate surface area is 169 Å². The number of anilines is 1. The number of pyridine rings is 1. The maximum absolute atomic E-state index is 12.8. The van der Waals surface area contributed by atoms with Gasteiger partial charge in [-0.3, -0.25) is 9.59 Å². The minimum atomic E-state index is -0.493. The third-order valence-electron chi connectivity index (χ3n) is 5.90. The number of rotatable bonds is 4. The van der Waals surface area contributed by atoms with Crippen LogP contribution >= 0.6 is 0 Å². The summed E-state index contributed by atoms with van der Waals surface area (Å²) in [5, 5.41) is 9.98. The van der Waals surface area contributed by atoms with Crippen LogP contribution in [-0.4, -0.2) is 52.9 Å². The minimum Gasteiger partial charge on any atom is -0.367 e. The summed E-state index contributed by atoms with van der Waals surface area (Å²) in [4.78, 5) is 35.5. The maximum Gasteiger partial charge on any atom is 0.241 e. The molecule has 2 amide bonds. The number of nitrogens with zero attached hydrogens (tertiary/aromatic N) is 4. The van der Waals surface area contributed by atoms with Crippen molar-refractivity contribution in [2.45, 2.75) is 19.3 Å². The van der Waals surface area contributed by atoms with Gasteiger partial charge in [-0.1, -0.05) is 0 Å². The summed E-state index contributed by atoms with van der Waals surface area (Å²) >= 11 is 0. The number of hydrogen-bond acceptors (Lipinski definition) is 5. The quantitative estimate of drug-likeness (QED) is 0.767. The summed E-state index contributed by atoms with van der Waals surface area (Å²) in [6.45, 7) is 2.83. The normalized spacial score (nSPS) is 22.3. The number of carbonyl (C=O) groups excluding carboxylic acids is 2. The number of aromatic amines is 1. The summed E-state index contributed by atoms with van der Waals surface area (Å²) < 4.78 is 0. The maximum atomic E-state index is 12.8. The molecule has 1 saturated heterocycles. The summed E-state index contributed by atoms with van der Waals surface area (Å²) in [6.07, 6.45) is 9.00. The highest BCUT2D eigenvalue weighted by Crippen LogP contribution is 2.32. The lowest BCUT2D eigenvalue weighted by Gasteiger charge is -2.37. The topological polar surface area (TPSA) is 119 Å². The van der Waals surface area contributed by atoms with E-state index in [4.69, 9.17) is 11.0 Å². The first-order chi connectivity index (χ1) is 14.0. The highest BCUT2D eigenvalue weighted by atomic mass is 16.2. The van der Waals surface area contributed by atoms with Crippen molar-refractivity contribution in [3.63, 3.8) is 0 Å². The van der Waals surface area contributed by atoms with Gasteiger partial charge in [0.15, 0.2) is 0 Å². The predicted molar refractivity (Wildman–Crippen MR) is 110 cm³/mol. The number of piperazine rings is 1. The molecule has 2 aliphatic rings. The van der Waals surface area contributed by atoms with Crippen molar-refractivity contribution < 1.29 is 9.59 Å². The molecule has 1 aliphatic heterocycles. The van der Waals surface area contributed by atoms with E-state index in [0.717, 1.165) is 48.2 Å². The lowest BCUT2D eigenvalue weighted by Crippen LogP contribution is -2.50. The molecular weight excluding hydrogens is 368 g/mol. The van der Waals surface area contributed by atoms with Crippen LogP contribution in [0.25, 0.3) is 17.1 Å². The first-order valence-corrected chi connectivity index (χ1v) is 9.93. The monoisotopic (exact) mass is 392 g/mol. The van der Waals surface area contributed by atoms with Gasteiger partial charge in [0.25, 0.3) is 0 Å². The van der Waals surface area contributed by atoms with E-state index in [1.165, 1.54) is 6.08 Å². The number of primary amides is 1. The van der Waals surface area contributed by atoms with E-state index < -0.39 is 5.91 Å². The molecule has 3 N–H and O–H groups in total. The smallest absolute Gasteiger partial charge is 0.241 e. The Bertz CT molecular complexity index is 996.